The van der Waals surface area contributed by atoms with E-state index in [1.54, 1.807) is 0 Å². The zero-order chi connectivity index (χ0) is 54.8. The molecule has 4 heterocycles. The molecule has 2 aliphatic carbocycles. The molecule has 1 saturated carbocycles. The lowest BCUT2D eigenvalue weighted by Gasteiger charge is -2.52. The van der Waals surface area contributed by atoms with Gasteiger partial charge in [0.1, 0.15) is 0 Å². The van der Waals surface area contributed by atoms with Gasteiger partial charge in [-0.25, -0.2) is 0 Å². The van der Waals surface area contributed by atoms with Crippen molar-refractivity contribution in [3.63, 3.8) is 0 Å². The van der Waals surface area contributed by atoms with Crippen LogP contribution in [0.5, 0.6) is 0 Å². The molecule has 10 aromatic rings. The third-order valence-corrected chi connectivity index (χ3v) is 20.9. The van der Waals surface area contributed by atoms with E-state index in [2.05, 4.69) is 288 Å². The number of benzene rings is 10. The number of hydrogen-bond donors (Lipinski definition) is 0. The number of hydrogen-bond acceptors (Lipinski definition) is 3. The highest BCUT2D eigenvalue weighted by molar-refractivity contribution is 7.00. The summed E-state index contributed by atoms with van der Waals surface area (Å²) in [5.41, 5.74) is 28.8. The fraction of sp³-hybridized carbons (Fsp3) is 0.221. The van der Waals surface area contributed by atoms with Crippen LogP contribution in [0.1, 0.15) is 125 Å². The summed E-state index contributed by atoms with van der Waals surface area (Å²) in [5, 5.41) is 0. The molecule has 4 aliphatic heterocycles. The Hall–Kier alpha value is -8.34. The fourth-order valence-electron chi connectivity index (χ4n) is 16.7. The summed E-state index contributed by atoms with van der Waals surface area (Å²) in [6.45, 7) is 17.0. The Labute approximate surface area is 479 Å². The van der Waals surface area contributed by atoms with E-state index in [4.69, 9.17) is 0 Å². The third kappa shape index (κ3) is 6.43. The number of rotatable bonds is 5. The maximum absolute atomic E-state index is 2.84. The summed E-state index contributed by atoms with van der Waals surface area (Å²) in [4.78, 5) is 8.30. The van der Waals surface area contributed by atoms with Crippen molar-refractivity contribution >= 4 is 68.6 Å². The summed E-state index contributed by atoms with van der Waals surface area (Å²) < 4.78 is 0. The van der Waals surface area contributed by atoms with E-state index in [1.165, 1.54) is 148 Å². The Morgan fingerprint density at radius 1 is 0.395 bits per heavy atom. The molecule has 0 aromatic heterocycles. The van der Waals surface area contributed by atoms with Crippen molar-refractivity contribution < 1.29 is 0 Å². The first-order valence-electron chi connectivity index (χ1n) is 29.8. The van der Waals surface area contributed by atoms with Crippen LogP contribution in [-0.2, 0) is 21.7 Å². The smallest absolute Gasteiger partial charge is 0.252 e. The van der Waals surface area contributed by atoms with E-state index in [0.717, 1.165) is 12.8 Å². The van der Waals surface area contributed by atoms with E-state index in [0.29, 0.717) is 0 Å². The number of nitrogens with zero attached hydrogens (tertiary/aromatic N) is 3. The van der Waals surface area contributed by atoms with Crippen molar-refractivity contribution in [1.82, 2.24) is 0 Å². The quantitative estimate of drug-likeness (QED) is 0.159. The van der Waals surface area contributed by atoms with Gasteiger partial charge in [-0.15, -0.1) is 0 Å². The normalized spacial score (nSPS) is 19.4. The molecule has 0 bridgehead atoms. The first kappa shape index (κ1) is 48.6. The van der Waals surface area contributed by atoms with E-state index in [9.17, 15) is 0 Å². The molecule has 0 radical (unpaired) electrons. The highest BCUT2D eigenvalue weighted by Crippen LogP contribution is 2.66. The summed E-state index contributed by atoms with van der Waals surface area (Å²) in [7, 11) is 0. The maximum Gasteiger partial charge on any atom is 0.252 e. The van der Waals surface area contributed by atoms with Gasteiger partial charge >= 0.3 is 0 Å². The molecule has 0 N–H and O–H groups in total. The second-order valence-corrected chi connectivity index (χ2v) is 26.2. The lowest BCUT2D eigenvalue weighted by molar-refractivity contribution is 0.261. The minimum Gasteiger partial charge on any atom is -0.334 e. The van der Waals surface area contributed by atoms with Crippen molar-refractivity contribution in [2.45, 2.75) is 108 Å². The van der Waals surface area contributed by atoms with Crippen LogP contribution in [-0.4, -0.2) is 12.3 Å². The second-order valence-electron chi connectivity index (χ2n) is 26.2. The van der Waals surface area contributed by atoms with Gasteiger partial charge in [-0.1, -0.05) is 243 Å². The van der Waals surface area contributed by atoms with Crippen molar-refractivity contribution in [2.75, 3.05) is 14.7 Å². The first-order chi connectivity index (χ1) is 39.3. The Morgan fingerprint density at radius 2 is 0.988 bits per heavy atom. The van der Waals surface area contributed by atoms with Crippen LogP contribution < -0.4 is 31.1 Å². The molecule has 2 atom stereocenters. The van der Waals surface area contributed by atoms with Crippen LogP contribution >= 0.6 is 0 Å². The van der Waals surface area contributed by atoms with Crippen LogP contribution in [0, 0.1) is 0 Å². The summed E-state index contributed by atoms with van der Waals surface area (Å²) in [5.74, 6) is 0. The molecule has 6 aliphatic rings. The first-order valence-corrected chi connectivity index (χ1v) is 29.8. The van der Waals surface area contributed by atoms with Crippen molar-refractivity contribution in [2.24, 2.45) is 0 Å². The van der Waals surface area contributed by atoms with Crippen molar-refractivity contribution in [1.29, 1.82) is 0 Å². The average Bonchev–Trinajstić information content (AvgIpc) is 4.05. The second kappa shape index (κ2) is 17.1. The molecule has 3 nitrogen and oxygen atoms in total. The van der Waals surface area contributed by atoms with Gasteiger partial charge in [0.25, 0.3) is 6.71 Å². The Balaban J connectivity index is 1.06. The Kier molecular flexibility index (Phi) is 10.3. The monoisotopic (exact) mass is 1050 g/mol. The van der Waals surface area contributed by atoms with E-state index >= 15 is 0 Å². The van der Waals surface area contributed by atoms with E-state index in [1.807, 2.05) is 0 Å². The highest BCUT2D eigenvalue weighted by Gasteiger charge is 2.59. The zero-order valence-corrected chi connectivity index (χ0v) is 47.8. The van der Waals surface area contributed by atoms with Gasteiger partial charge in [-0.05, 0) is 145 Å². The minimum absolute atomic E-state index is 0.0453. The minimum atomic E-state index is -0.542. The Morgan fingerprint density at radius 3 is 1.70 bits per heavy atom. The average molecular weight is 1050 g/mol. The molecule has 1 fully saturated rings. The van der Waals surface area contributed by atoms with Crippen molar-refractivity contribution in [3.05, 3.63) is 269 Å². The van der Waals surface area contributed by atoms with Gasteiger partial charge in [0.2, 0.25) is 0 Å². The Bertz CT molecular complexity index is 4200. The van der Waals surface area contributed by atoms with E-state index in [-0.39, 0.29) is 28.5 Å². The van der Waals surface area contributed by atoms with Crippen LogP contribution in [0.3, 0.4) is 0 Å². The molecule has 10 aromatic carbocycles. The van der Waals surface area contributed by atoms with Gasteiger partial charge in [-0.2, -0.15) is 0 Å². The number of anilines is 8. The molecule has 0 saturated heterocycles. The van der Waals surface area contributed by atoms with Gasteiger partial charge in [-0.3, -0.25) is 0 Å². The topological polar surface area (TPSA) is 9.72 Å². The zero-order valence-electron chi connectivity index (χ0n) is 47.8. The van der Waals surface area contributed by atoms with Gasteiger partial charge in [0.05, 0.1) is 22.3 Å². The third-order valence-electron chi connectivity index (χ3n) is 20.9. The fourth-order valence-corrected chi connectivity index (χ4v) is 16.7. The highest BCUT2D eigenvalue weighted by atomic mass is 15.3. The van der Waals surface area contributed by atoms with Crippen LogP contribution in [0.25, 0.3) is 22.3 Å². The van der Waals surface area contributed by atoms with Gasteiger partial charge in [0, 0.05) is 50.5 Å². The molecule has 1 spiro atoms. The standard InChI is InChI=1S/C77H68BN3/c1-73(2,3)52-41-43-65(57(46-52)50-26-11-8-12-27-50)79-68-47-53(74(4,5)51-28-13-9-14-29-51)40-42-63(68)78-64-37-25-36-62-72(64)80(66-38-21-20-35-61(66)77(62)58-32-17-15-30-55(58)56-31-16-18-33-59(56)77)70-49-54(48-69(79)71(70)78)81-67-39-22-19-34-60(67)75(6)44-23-10-24-45-76(75,81)7/h8-9,11-22,25-43,46-49H,10,23-24,44-45H2,1-7H3. The predicted molar refractivity (Wildman–Crippen MR) is 341 cm³/mol. The van der Waals surface area contributed by atoms with Gasteiger partial charge in [0.15, 0.2) is 0 Å². The largest absolute Gasteiger partial charge is 0.334 e. The number of fused-ring (bicyclic) bond motifs is 16. The van der Waals surface area contributed by atoms with Gasteiger partial charge < -0.3 is 14.7 Å². The SMILES string of the molecule is CC(C)(C)c1ccc(N2c3cc(C(C)(C)c4ccccc4)ccc3B3c4cccc5c4N(c4ccccc4C54c5ccccc5-c5ccccc54)c4cc(N5c6ccccc6C6(C)CCCCCC56C)cc2c43)c(-c2ccccc2)c1. The van der Waals surface area contributed by atoms with Crippen LogP contribution in [0.15, 0.2) is 224 Å². The molecule has 0 amide bonds. The summed E-state index contributed by atoms with van der Waals surface area (Å²) in [6.07, 6.45) is 5.99. The molecule has 2 unspecified atom stereocenters. The van der Waals surface area contributed by atoms with Crippen molar-refractivity contribution in [3.8, 4) is 22.3 Å². The van der Waals surface area contributed by atoms with Crippen LogP contribution in [0.4, 0.5) is 45.5 Å². The molecule has 4 heteroatoms. The number of para-hydroxylation sites is 3. The molecule has 81 heavy (non-hydrogen) atoms. The maximum atomic E-state index is 2.84. The molecular formula is C77H68BN3. The summed E-state index contributed by atoms with van der Waals surface area (Å²) in [6, 6.07) is 87.3. The molecular weight excluding hydrogens is 978 g/mol. The van der Waals surface area contributed by atoms with Crippen LogP contribution in [0.2, 0.25) is 0 Å². The predicted octanol–water partition coefficient (Wildman–Crippen LogP) is 17.9. The lowest BCUT2D eigenvalue weighted by Crippen LogP contribution is -2.62. The van der Waals surface area contributed by atoms with E-state index < -0.39 is 5.41 Å². The lowest BCUT2D eigenvalue weighted by atomic mass is 9.33. The summed E-state index contributed by atoms with van der Waals surface area (Å²) >= 11 is 0. The molecule has 394 valence electrons. The molecule has 16 rings (SSSR count).